The van der Waals surface area contributed by atoms with Gasteiger partial charge in [-0.1, -0.05) is 0 Å². The third-order valence-electron chi connectivity index (χ3n) is 5.19. The molecule has 6 heteroatoms. The van der Waals surface area contributed by atoms with Gasteiger partial charge in [-0.2, -0.15) is 0 Å². The first-order valence-corrected chi connectivity index (χ1v) is 8.36. The van der Waals surface area contributed by atoms with Crippen molar-refractivity contribution in [3.63, 3.8) is 0 Å². The second-order valence-corrected chi connectivity index (χ2v) is 6.64. The van der Waals surface area contributed by atoms with Gasteiger partial charge in [0.05, 0.1) is 6.67 Å². The lowest BCUT2D eigenvalue weighted by Gasteiger charge is -2.27. The fourth-order valence-electron chi connectivity index (χ4n) is 3.89. The number of anilines is 2. The molecule has 2 N–H and O–H groups in total. The molecule has 122 valence electrons. The van der Waals surface area contributed by atoms with Crippen molar-refractivity contribution in [3.05, 3.63) is 24.3 Å². The lowest BCUT2D eigenvalue weighted by Crippen LogP contribution is -2.41. The smallest absolute Gasteiger partial charge is 0.247 e. The van der Waals surface area contributed by atoms with Crippen LogP contribution in [0.5, 0.6) is 0 Å². The third kappa shape index (κ3) is 2.42. The van der Waals surface area contributed by atoms with Gasteiger partial charge in [-0.3, -0.25) is 19.4 Å². The molecule has 2 atom stereocenters. The van der Waals surface area contributed by atoms with Gasteiger partial charge in [0.2, 0.25) is 11.8 Å². The van der Waals surface area contributed by atoms with Crippen LogP contribution in [0.2, 0.25) is 0 Å². The average Bonchev–Trinajstić information content (AvgIpc) is 3.09. The molecule has 3 aliphatic rings. The lowest BCUT2D eigenvalue weighted by atomic mass is 10.1. The van der Waals surface area contributed by atoms with Crippen LogP contribution in [0, 0.1) is 0 Å². The Morgan fingerprint density at radius 3 is 2.30 bits per heavy atom. The molecular formula is C17H22N4O2. The van der Waals surface area contributed by atoms with Gasteiger partial charge in [0.15, 0.2) is 0 Å². The molecule has 3 fully saturated rings. The number of fused-ring (bicyclic) bond motifs is 1. The van der Waals surface area contributed by atoms with Crippen molar-refractivity contribution in [1.29, 1.82) is 0 Å². The summed E-state index contributed by atoms with van der Waals surface area (Å²) in [5.41, 5.74) is 7.85. The van der Waals surface area contributed by atoms with Gasteiger partial charge in [-0.25, -0.2) is 0 Å². The highest BCUT2D eigenvalue weighted by atomic mass is 16.2. The van der Waals surface area contributed by atoms with Gasteiger partial charge >= 0.3 is 0 Å². The van der Waals surface area contributed by atoms with Crippen LogP contribution in [-0.2, 0) is 9.59 Å². The maximum absolute atomic E-state index is 12.6. The van der Waals surface area contributed by atoms with Crippen LogP contribution >= 0.6 is 0 Å². The first-order chi connectivity index (χ1) is 11.1. The summed E-state index contributed by atoms with van der Waals surface area (Å²) in [5, 5.41) is 0. The van der Waals surface area contributed by atoms with E-state index in [1.54, 1.807) is 4.90 Å². The zero-order chi connectivity index (χ0) is 16.0. The maximum Gasteiger partial charge on any atom is 0.247 e. The second-order valence-electron chi connectivity index (χ2n) is 6.64. The summed E-state index contributed by atoms with van der Waals surface area (Å²) in [6.45, 7) is 2.28. The van der Waals surface area contributed by atoms with Gasteiger partial charge in [0.25, 0.3) is 0 Å². The SMILES string of the molecule is N[C@@H]1CCN2CN(c3ccc(N4CCCCC4=O)cc3)C(=O)[C@H]12. The minimum atomic E-state index is -0.168. The van der Waals surface area contributed by atoms with Crippen LogP contribution in [0.15, 0.2) is 24.3 Å². The second kappa shape index (κ2) is 5.62. The minimum absolute atomic E-state index is 0.0576. The molecule has 3 heterocycles. The Kier molecular flexibility index (Phi) is 3.58. The highest BCUT2D eigenvalue weighted by Crippen LogP contribution is 2.30. The molecular weight excluding hydrogens is 292 g/mol. The van der Waals surface area contributed by atoms with E-state index in [0.717, 1.165) is 43.7 Å². The summed E-state index contributed by atoms with van der Waals surface area (Å²) in [7, 11) is 0. The fourth-order valence-corrected chi connectivity index (χ4v) is 3.89. The Balaban J connectivity index is 1.53. The lowest BCUT2D eigenvalue weighted by molar-refractivity contribution is -0.120. The van der Waals surface area contributed by atoms with Gasteiger partial charge in [0.1, 0.15) is 6.04 Å². The van der Waals surface area contributed by atoms with E-state index in [4.69, 9.17) is 5.73 Å². The molecule has 1 aromatic rings. The summed E-state index contributed by atoms with van der Waals surface area (Å²) in [6, 6.07) is 7.52. The summed E-state index contributed by atoms with van der Waals surface area (Å²) in [4.78, 5) is 30.4. The molecule has 0 saturated carbocycles. The topological polar surface area (TPSA) is 69.9 Å². The van der Waals surface area contributed by atoms with Gasteiger partial charge in [0, 0.05) is 36.9 Å². The van der Waals surface area contributed by atoms with E-state index in [1.165, 1.54) is 0 Å². The molecule has 23 heavy (non-hydrogen) atoms. The molecule has 0 spiro atoms. The van der Waals surface area contributed by atoms with Crippen LogP contribution in [0.25, 0.3) is 0 Å². The number of carbonyl (C=O) groups excluding carboxylic acids is 2. The van der Waals surface area contributed by atoms with E-state index in [0.29, 0.717) is 13.1 Å². The van der Waals surface area contributed by atoms with E-state index in [2.05, 4.69) is 4.90 Å². The monoisotopic (exact) mass is 314 g/mol. The third-order valence-corrected chi connectivity index (χ3v) is 5.19. The van der Waals surface area contributed by atoms with Crippen molar-refractivity contribution in [2.75, 3.05) is 29.6 Å². The average molecular weight is 314 g/mol. The molecule has 0 bridgehead atoms. The first kappa shape index (κ1) is 14.7. The van der Waals surface area contributed by atoms with Crippen molar-refractivity contribution in [2.45, 2.75) is 37.8 Å². The molecule has 0 aromatic heterocycles. The predicted octanol–water partition coefficient (Wildman–Crippen LogP) is 0.909. The van der Waals surface area contributed by atoms with Crippen LogP contribution in [0.3, 0.4) is 0 Å². The molecule has 0 radical (unpaired) electrons. The Bertz CT molecular complexity index is 630. The fraction of sp³-hybridized carbons (Fsp3) is 0.529. The highest BCUT2D eigenvalue weighted by Gasteiger charge is 2.46. The number of amides is 2. The molecule has 0 unspecified atom stereocenters. The summed E-state index contributed by atoms with van der Waals surface area (Å²) >= 11 is 0. The predicted molar refractivity (Wildman–Crippen MR) is 88.1 cm³/mol. The van der Waals surface area contributed by atoms with Crippen LogP contribution in [-0.4, -0.2) is 48.6 Å². The van der Waals surface area contributed by atoms with Gasteiger partial charge < -0.3 is 10.6 Å². The standard InChI is InChI=1S/C17H22N4O2/c18-14-8-10-19-11-21(17(23)16(14)19)13-6-4-12(5-7-13)20-9-2-1-3-15(20)22/h4-7,14,16H,1-3,8-11,18H2/t14-,16+/m1/s1. The Morgan fingerprint density at radius 1 is 0.957 bits per heavy atom. The van der Waals surface area contributed by atoms with E-state index < -0.39 is 0 Å². The van der Waals surface area contributed by atoms with E-state index >= 15 is 0 Å². The van der Waals surface area contributed by atoms with Crippen molar-refractivity contribution in [3.8, 4) is 0 Å². The van der Waals surface area contributed by atoms with Crippen molar-refractivity contribution >= 4 is 23.2 Å². The molecule has 1 aromatic carbocycles. The van der Waals surface area contributed by atoms with E-state index in [1.807, 2.05) is 29.2 Å². The summed E-state index contributed by atoms with van der Waals surface area (Å²) in [5.74, 6) is 0.282. The number of nitrogens with two attached hydrogens (primary N) is 1. The normalized spacial score (nSPS) is 28.6. The molecule has 3 saturated heterocycles. The Morgan fingerprint density at radius 2 is 1.65 bits per heavy atom. The van der Waals surface area contributed by atoms with Gasteiger partial charge in [-0.15, -0.1) is 0 Å². The van der Waals surface area contributed by atoms with Crippen molar-refractivity contribution in [2.24, 2.45) is 5.73 Å². The molecule has 4 rings (SSSR count). The van der Waals surface area contributed by atoms with Gasteiger partial charge in [-0.05, 0) is 43.5 Å². The minimum Gasteiger partial charge on any atom is -0.326 e. The Labute approximate surface area is 135 Å². The number of rotatable bonds is 2. The number of piperidine rings is 1. The maximum atomic E-state index is 12.6. The molecule has 3 aliphatic heterocycles. The van der Waals surface area contributed by atoms with Crippen molar-refractivity contribution in [1.82, 2.24) is 4.90 Å². The zero-order valence-corrected chi connectivity index (χ0v) is 13.1. The zero-order valence-electron chi connectivity index (χ0n) is 13.1. The number of carbonyl (C=O) groups is 2. The van der Waals surface area contributed by atoms with Crippen molar-refractivity contribution < 1.29 is 9.59 Å². The number of hydrogen-bond acceptors (Lipinski definition) is 4. The number of nitrogens with zero attached hydrogens (tertiary/aromatic N) is 3. The molecule has 6 nitrogen and oxygen atoms in total. The first-order valence-electron chi connectivity index (χ1n) is 8.36. The largest absolute Gasteiger partial charge is 0.326 e. The highest BCUT2D eigenvalue weighted by molar-refractivity contribution is 6.00. The van der Waals surface area contributed by atoms with E-state index in [9.17, 15) is 9.59 Å². The molecule has 0 aliphatic carbocycles. The van der Waals surface area contributed by atoms with E-state index in [-0.39, 0.29) is 23.9 Å². The van der Waals surface area contributed by atoms with Crippen LogP contribution in [0.4, 0.5) is 11.4 Å². The molecule has 2 amide bonds. The Hall–Kier alpha value is -1.92. The summed E-state index contributed by atoms with van der Waals surface area (Å²) < 4.78 is 0. The summed E-state index contributed by atoms with van der Waals surface area (Å²) in [6.07, 6.45) is 3.54. The quantitative estimate of drug-likeness (QED) is 0.881. The number of hydrogen-bond donors (Lipinski definition) is 1. The number of benzene rings is 1. The van der Waals surface area contributed by atoms with Crippen LogP contribution in [0.1, 0.15) is 25.7 Å². The van der Waals surface area contributed by atoms with Crippen LogP contribution < -0.4 is 15.5 Å².